The first-order chi connectivity index (χ1) is 6.29. The van der Waals surface area contributed by atoms with Crippen LogP contribution in [0.4, 0.5) is 0 Å². The van der Waals surface area contributed by atoms with Crippen LogP contribution in [0.3, 0.4) is 0 Å². The Morgan fingerprint density at radius 1 is 1.54 bits per heavy atom. The fraction of sp³-hybridized carbons (Fsp3) is 0.900. The van der Waals surface area contributed by atoms with Crippen LogP contribution in [0.25, 0.3) is 0 Å². The van der Waals surface area contributed by atoms with Crippen LogP contribution in [-0.4, -0.2) is 36.5 Å². The highest BCUT2D eigenvalue weighted by atomic mass is 16.2. The number of nitrogens with one attached hydrogen (secondary N) is 1. The number of hydrogen-bond donors (Lipinski definition) is 1. The topological polar surface area (TPSA) is 32.3 Å². The van der Waals surface area contributed by atoms with Crippen molar-refractivity contribution in [2.75, 3.05) is 19.6 Å². The van der Waals surface area contributed by atoms with Crippen molar-refractivity contribution in [1.82, 2.24) is 10.2 Å². The second-order valence-electron chi connectivity index (χ2n) is 3.57. The van der Waals surface area contributed by atoms with E-state index in [1.807, 2.05) is 11.8 Å². The summed E-state index contributed by atoms with van der Waals surface area (Å²) in [5.41, 5.74) is 0. The van der Waals surface area contributed by atoms with Gasteiger partial charge in [0.2, 0.25) is 5.91 Å². The number of hydrogen-bond acceptors (Lipinski definition) is 2. The third-order valence-corrected chi connectivity index (χ3v) is 2.69. The molecule has 0 spiro atoms. The quantitative estimate of drug-likeness (QED) is 0.707. The van der Waals surface area contributed by atoms with E-state index in [0.717, 1.165) is 19.5 Å². The fourth-order valence-electron chi connectivity index (χ4n) is 1.92. The highest BCUT2D eigenvalue weighted by Gasteiger charge is 2.26. The Bertz CT molecular complexity index is 170. The molecule has 1 unspecified atom stereocenters. The van der Waals surface area contributed by atoms with E-state index in [4.69, 9.17) is 0 Å². The zero-order valence-electron chi connectivity index (χ0n) is 8.68. The molecule has 1 rings (SSSR count). The largest absolute Gasteiger partial charge is 0.339 e. The van der Waals surface area contributed by atoms with Crippen LogP contribution in [0.15, 0.2) is 0 Å². The molecule has 1 aliphatic heterocycles. The van der Waals surface area contributed by atoms with Gasteiger partial charge in [-0.1, -0.05) is 13.8 Å². The van der Waals surface area contributed by atoms with Crippen molar-refractivity contribution in [3.63, 3.8) is 0 Å². The Morgan fingerprint density at radius 2 is 2.31 bits per heavy atom. The summed E-state index contributed by atoms with van der Waals surface area (Å²) in [6.07, 6.45) is 3.46. The summed E-state index contributed by atoms with van der Waals surface area (Å²) in [5.74, 6) is 0.270. The molecule has 0 saturated carbocycles. The lowest BCUT2D eigenvalue weighted by Crippen LogP contribution is -2.40. The highest BCUT2D eigenvalue weighted by Crippen LogP contribution is 2.19. The minimum absolute atomic E-state index is 0.270. The molecule has 0 bridgehead atoms. The molecule has 13 heavy (non-hydrogen) atoms. The monoisotopic (exact) mass is 184 g/mol. The van der Waals surface area contributed by atoms with E-state index >= 15 is 0 Å². The Kier molecular flexibility index (Phi) is 4.22. The van der Waals surface area contributed by atoms with Gasteiger partial charge in [-0.25, -0.2) is 0 Å². The second-order valence-corrected chi connectivity index (χ2v) is 3.57. The molecular weight excluding hydrogens is 164 g/mol. The number of amides is 1. The van der Waals surface area contributed by atoms with Gasteiger partial charge in [0.1, 0.15) is 0 Å². The number of carbonyl (C=O) groups is 1. The highest BCUT2D eigenvalue weighted by molar-refractivity contribution is 5.78. The normalized spacial score (nSPS) is 22.3. The number of likely N-dealkylation sites (tertiary alicyclic amines) is 1. The van der Waals surface area contributed by atoms with E-state index in [0.29, 0.717) is 12.6 Å². The van der Waals surface area contributed by atoms with Crippen molar-refractivity contribution in [1.29, 1.82) is 0 Å². The molecule has 1 heterocycles. The van der Waals surface area contributed by atoms with Crippen LogP contribution < -0.4 is 5.32 Å². The van der Waals surface area contributed by atoms with Crippen LogP contribution in [-0.2, 0) is 4.79 Å². The summed E-state index contributed by atoms with van der Waals surface area (Å²) in [6, 6.07) is 0.506. The number of rotatable bonds is 4. The maximum Gasteiger partial charge on any atom is 0.236 e. The zero-order valence-corrected chi connectivity index (χ0v) is 8.68. The predicted octanol–water partition coefficient (Wildman–Crippen LogP) is 0.997. The molecule has 1 saturated heterocycles. The summed E-state index contributed by atoms with van der Waals surface area (Å²) in [4.78, 5) is 13.7. The van der Waals surface area contributed by atoms with Crippen LogP contribution in [0.2, 0.25) is 0 Å². The van der Waals surface area contributed by atoms with Crippen molar-refractivity contribution < 1.29 is 4.79 Å². The van der Waals surface area contributed by atoms with Crippen molar-refractivity contribution in [2.24, 2.45) is 0 Å². The first kappa shape index (κ1) is 10.5. The predicted molar refractivity (Wildman–Crippen MR) is 53.6 cm³/mol. The SMILES string of the molecule is CCNCC(=O)N1CCCC1CC. The van der Waals surface area contributed by atoms with E-state index in [1.165, 1.54) is 12.8 Å². The molecule has 0 aromatic heterocycles. The van der Waals surface area contributed by atoms with Crippen LogP contribution in [0.5, 0.6) is 0 Å². The van der Waals surface area contributed by atoms with Crippen LogP contribution in [0.1, 0.15) is 33.1 Å². The number of carbonyl (C=O) groups excluding carboxylic acids is 1. The number of likely N-dealkylation sites (N-methyl/N-ethyl adjacent to an activating group) is 1. The van der Waals surface area contributed by atoms with E-state index in [2.05, 4.69) is 12.2 Å². The Morgan fingerprint density at radius 3 is 2.92 bits per heavy atom. The lowest BCUT2D eigenvalue weighted by atomic mass is 10.2. The third-order valence-electron chi connectivity index (χ3n) is 2.69. The molecule has 1 N–H and O–H groups in total. The molecule has 0 aromatic rings. The van der Waals surface area contributed by atoms with Gasteiger partial charge >= 0.3 is 0 Å². The van der Waals surface area contributed by atoms with Crippen LogP contribution >= 0.6 is 0 Å². The van der Waals surface area contributed by atoms with Gasteiger partial charge in [0.15, 0.2) is 0 Å². The van der Waals surface area contributed by atoms with Crippen molar-refractivity contribution in [2.45, 2.75) is 39.2 Å². The van der Waals surface area contributed by atoms with Crippen molar-refractivity contribution in [3.8, 4) is 0 Å². The second kappa shape index (κ2) is 5.22. The van der Waals surface area contributed by atoms with Gasteiger partial charge in [-0.15, -0.1) is 0 Å². The first-order valence-corrected chi connectivity index (χ1v) is 5.29. The van der Waals surface area contributed by atoms with Gasteiger partial charge in [0.25, 0.3) is 0 Å². The first-order valence-electron chi connectivity index (χ1n) is 5.29. The molecule has 76 valence electrons. The minimum Gasteiger partial charge on any atom is -0.339 e. The third kappa shape index (κ3) is 2.69. The van der Waals surface area contributed by atoms with Gasteiger partial charge in [-0.3, -0.25) is 4.79 Å². The van der Waals surface area contributed by atoms with Gasteiger partial charge in [0, 0.05) is 12.6 Å². The lowest BCUT2D eigenvalue weighted by Gasteiger charge is -2.23. The summed E-state index contributed by atoms with van der Waals surface area (Å²) in [7, 11) is 0. The van der Waals surface area contributed by atoms with Crippen LogP contribution in [0, 0.1) is 0 Å². The van der Waals surface area contributed by atoms with Gasteiger partial charge < -0.3 is 10.2 Å². The molecule has 1 fully saturated rings. The molecule has 0 radical (unpaired) electrons. The van der Waals surface area contributed by atoms with E-state index < -0.39 is 0 Å². The van der Waals surface area contributed by atoms with E-state index in [9.17, 15) is 4.79 Å². The van der Waals surface area contributed by atoms with Gasteiger partial charge in [0.05, 0.1) is 6.54 Å². The fourth-order valence-corrected chi connectivity index (χ4v) is 1.92. The average molecular weight is 184 g/mol. The maximum atomic E-state index is 11.6. The maximum absolute atomic E-state index is 11.6. The standard InChI is InChI=1S/C10H20N2O/c1-3-9-6-5-7-12(9)10(13)8-11-4-2/h9,11H,3-8H2,1-2H3. The van der Waals surface area contributed by atoms with E-state index in [1.54, 1.807) is 0 Å². The Hall–Kier alpha value is -0.570. The van der Waals surface area contributed by atoms with Crippen molar-refractivity contribution >= 4 is 5.91 Å². The molecule has 1 aliphatic rings. The molecule has 1 atom stereocenters. The van der Waals surface area contributed by atoms with Gasteiger partial charge in [-0.05, 0) is 25.8 Å². The summed E-state index contributed by atoms with van der Waals surface area (Å²) < 4.78 is 0. The zero-order chi connectivity index (χ0) is 9.68. The number of nitrogens with zero attached hydrogens (tertiary/aromatic N) is 1. The minimum atomic E-state index is 0.270. The smallest absolute Gasteiger partial charge is 0.236 e. The molecule has 3 nitrogen and oxygen atoms in total. The Labute approximate surface area is 80.5 Å². The summed E-state index contributed by atoms with van der Waals surface area (Å²) >= 11 is 0. The molecule has 0 aromatic carbocycles. The Balaban J connectivity index is 2.36. The summed E-state index contributed by atoms with van der Waals surface area (Å²) in [5, 5.41) is 3.08. The molecule has 0 aliphatic carbocycles. The average Bonchev–Trinajstić information content (AvgIpc) is 2.61. The van der Waals surface area contributed by atoms with E-state index in [-0.39, 0.29) is 5.91 Å². The lowest BCUT2D eigenvalue weighted by molar-refractivity contribution is -0.131. The van der Waals surface area contributed by atoms with Crippen molar-refractivity contribution in [3.05, 3.63) is 0 Å². The summed E-state index contributed by atoms with van der Waals surface area (Å²) in [6.45, 7) is 6.52. The van der Waals surface area contributed by atoms with Gasteiger partial charge in [-0.2, -0.15) is 0 Å². The molecular formula is C10H20N2O. The molecule has 1 amide bonds. The molecule has 3 heteroatoms.